The number of Topliss-reactive ketones (excluding diaryl/α,β-unsaturated/α-hetero) is 1. The Balaban J connectivity index is 1.76. The fourth-order valence-corrected chi connectivity index (χ4v) is 4.10. The van der Waals surface area contributed by atoms with Gasteiger partial charge in [0.2, 0.25) is 0 Å². The van der Waals surface area contributed by atoms with Crippen LogP contribution in [0.3, 0.4) is 0 Å². The molecule has 0 bridgehead atoms. The van der Waals surface area contributed by atoms with E-state index in [1.54, 1.807) is 36.4 Å². The Morgan fingerprint density at radius 1 is 1.00 bits per heavy atom. The highest BCUT2D eigenvalue weighted by atomic mass is 16.5. The summed E-state index contributed by atoms with van der Waals surface area (Å²) >= 11 is 0. The van der Waals surface area contributed by atoms with Gasteiger partial charge in [-0.15, -0.1) is 0 Å². The molecule has 1 N–H and O–H groups in total. The van der Waals surface area contributed by atoms with Crippen molar-refractivity contribution in [2.45, 2.75) is 39.3 Å². The van der Waals surface area contributed by atoms with E-state index in [-0.39, 0.29) is 17.9 Å². The second-order valence-electron chi connectivity index (χ2n) is 8.24. The molecule has 1 aliphatic rings. The SMILES string of the molecule is CCCCOc1ccc(C2/C(=C(\O)c3cccc(OCC)c3)C(=O)C(=O)N2Cc2ccco2)cc1. The van der Waals surface area contributed by atoms with Crippen molar-refractivity contribution in [2.24, 2.45) is 0 Å². The van der Waals surface area contributed by atoms with Gasteiger partial charge >= 0.3 is 0 Å². The number of ketones is 1. The first kappa shape index (κ1) is 24.1. The molecule has 182 valence electrons. The maximum Gasteiger partial charge on any atom is 0.296 e. The Kier molecular flexibility index (Phi) is 7.55. The van der Waals surface area contributed by atoms with Crippen LogP contribution in [-0.2, 0) is 16.1 Å². The van der Waals surface area contributed by atoms with E-state index in [0.29, 0.717) is 41.6 Å². The monoisotopic (exact) mass is 475 g/mol. The van der Waals surface area contributed by atoms with Crippen LogP contribution >= 0.6 is 0 Å². The molecule has 1 aliphatic heterocycles. The summed E-state index contributed by atoms with van der Waals surface area (Å²) in [6, 6.07) is 16.8. The van der Waals surface area contributed by atoms with Gasteiger partial charge in [-0.05, 0) is 55.3 Å². The molecule has 1 amide bonds. The number of carbonyl (C=O) groups excluding carboxylic acids is 2. The number of rotatable bonds is 10. The van der Waals surface area contributed by atoms with Gasteiger partial charge in [-0.25, -0.2) is 0 Å². The standard InChI is InChI=1S/C28H29NO6/c1-3-5-15-34-21-13-11-19(12-14-21)25-24(26(30)20-8-6-9-22(17-20)33-4-2)27(31)28(32)29(25)18-23-10-7-16-35-23/h6-14,16-17,25,30H,3-5,15,18H2,1-2H3/b26-24+. The normalized spacial score (nSPS) is 17.1. The van der Waals surface area contributed by atoms with Crippen LogP contribution in [0.5, 0.6) is 11.5 Å². The van der Waals surface area contributed by atoms with E-state index in [2.05, 4.69) is 6.92 Å². The summed E-state index contributed by atoms with van der Waals surface area (Å²) in [5.41, 5.74) is 1.10. The number of nitrogens with zero attached hydrogens (tertiary/aromatic N) is 1. The van der Waals surface area contributed by atoms with Gasteiger partial charge < -0.3 is 23.9 Å². The molecule has 0 aliphatic carbocycles. The van der Waals surface area contributed by atoms with Crippen molar-refractivity contribution >= 4 is 17.4 Å². The highest BCUT2D eigenvalue weighted by molar-refractivity contribution is 6.46. The largest absolute Gasteiger partial charge is 0.507 e. The van der Waals surface area contributed by atoms with Crippen LogP contribution in [-0.4, -0.2) is 34.9 Å². The van der Waals surface area contributed by atoms with Crippen LogP contribution in [0.1, 0.15) is 49.6 Å². The third-order valence-electron chi connectivity index (χ3n) is 5.83. The number of hydrogen-bond donors (Lipinski definition) is 1. The predicted octanol–water partition coefficient (Wildman–Crippen LogP) is 5.48. The summed E-state index contributed by atoms with van der Waals surface area (Å²) in [7, 11) is 0. The van der Waals surface area contributed by atoms with Crippen LogP contribution in [0.2, 0.25) is 0 Å². The zero-order chi connectivity index (χ0) is 24.8. The minimum Gasteiger partial charge on any atom is -0.507 e. The fraction of sp³-hybridized carbons (Fsp3) is 0.286. The van der Waals surface area contributed by atoms with Crippen LogP contribution < -0.4 is 9.47 Å². The van der Waals surface area contributed by atoms with Gasteiger partial charge in [0.1, 0.15) is 23.0 Å². The van der Waals surface area contributed by atoms with Crippen molar-refractivity contribution in [3.8, 4) is 11.5 Å². The smallest absolute Gasteiger partial charge is 0.296 e. The van der Waals surface area contributed by atoms with Crippen LogP contribution in [0, 0.1) is 0 Å². The molecule has 0 spiro atoms. The second kappa shape index (κ2) is 11.0. The van der Waals surface area contributed by atoms with Gasteiger partial charge in [-0.1, -0.05) is 37.6 Å². The number of aliphatic hydroxyl groups excluding tert-OH is 1. The lowest BCUT2D eigenvalue weighted by Gasteiger charge is -2.24. The van der Waals surface area contributed by atoms with Crippen LogP contribution in [0.25, 0.3) is 5.76 Å². The van der Waals surface area contributed by atoms with E-state index in [1.165, 1.54) is 11.2 Å². The lowest BCUT2D eigenvalue weighted by Crippen LogP contribution is -2.29. The maximum absolute atomic E-state index is 13.2. The molecule has 35 heavy (non-hydrogen) atoms. The number of likely N-dealkylation sites (tertiary alicyclic amines) is 1. The highest BCUT2D eigenvalue weighted by Gasteiger charge is 2.46. The van der Waals surface area contributed by atoms with Gasteiger partial charge in [0, 0.05) is 5.56 Å². The molecule has 2 heterocycles. The molecule has 7 nitrogen and oxygen atoms in total. The fourth-order valence-electron chi connectivity index (χ4n) is 4.10. The predicted molar refractivity (Wildman–Crippen MR) is 131 cm³/mol. The molecule has 0 radical (unpaired) electrons. The summed E-state index contributed by atoms with van der Waals surface area (Å²) < 4.78 is 16.7. The molecule has 4 rings (SSSR count). The average Bonchev–Trinajstić information content (AvgIpc) is 3.47. The number of ether oxygens (including phenoxy) is 2. The number of furan rings is 1. The number of amides is 1. The Hall–Kier alpha value is -4.00. The van der Waals surface area contributed by atoms with Crippen LogP contribution in [0.15, 0.2) is 76.9 Å². The molecular weight excluding hydrogens is 446 g/mol. The maximum atomic E-state index is 13.2. The lowest BCUT2D eigenvalue weighted by molar-refractivity contribution is -0.140. The summed E-state index contributed by atoms with van der Waals surface area (Å²) in [4.78, 5) is 27.7. The van der Waals surface area contributed by atoms with Gasteiger partial charge in [0.05, 0.1) is 37.6 Å². The first-order valence-corrected chi connectivity index (χ1v) is 11.8. The molecule has 1 fully saturated rings. The quantitative estimate of drug-likeness (QED) is 0.181. The minimum absolute atomic E-state index is 0.0230. The third kappa shape index (κ3) is 5.24. The molecular formula is C28H29NO6. The zero-order valence-corrected chi connectivity index (χ0v) is 19.9. The Morgan fingerprint density at radius 3 is 2.49 bits per heavy atom. The van der Waals surface area contributed by atoms with E-state index >= 15 is 0 Å². The zero-order valence-electron chi connectivity index (χ0n) is 19.9. The van der Waals surface area contributed by atoms with Gasteiger partial charge in [0.15, 0.2) is 0 Å². The topological polar surface area (TPSA) is 89.2 Å². The van der Waals surface area contributed by atoms with Crippen molar-refractivity contribution in [1.29, 1.82) is 0 Å². The van der Waals surface area contributed by atoms with E-state index in [0.717, 1.165) is 12.8 Å². The lowest BCUT2D eigenvalue weighted by atomic mass is 9.95. The Labute approximate surface area is 204 Å². The molecule has 1 aromatic heterocycles. The molecule has 1 unspecified atom stereocenters. The number of aliphatic hydroxyl groups is 1. The van der Waals surface area contributed by atoms with E-state index in [4.69, 9.17) is 13.9 Å². The Bertz CT molecular complexity index is 1200. The highest BCUT2D eigenvalue weighted by Crippen LogP contribution is 2.41. The number of benzene rings is 2. The van der Waals surface area contributed by atoms with Crippen molar-refractivity contribution in [1.82, 2.24) is 4.90 Å². The number of hydrogen-bond acceptors (Lipinski definition) is 6. The number of unbranched alkanes of at least 4 members (excludes halogenated alkanes) is 1. The first-order valence-electron chi connectivity index (χ1n) is 11.8. The summed E-state index contributed by atoms with van der Waals surface area (Å²) in [5.74, 6) is 0.109. The van der Waals surface area contributed by atoms with Crippen LogP contribution in [0.4, 0.5) is 0 Å². The molecule has 1 saturated heterocycles. The average molecular weight is 476 g/mol. The van der Waals surface area contributed by atoms with E-state index in [1.807, 2.05) is 31.2 Å². The molecule has 0 saturated carbocycles. The first-order chi connectivity index (χ1) is 17.0. The van der Waals surface area contributed by atoms with Crippen molar-refractivity contribution in [3.63, 3.8) is 0 Å². The van der Waals surface area contributed by atoms with Crippen molar-refractivity contribution in [3.05, 3.63) is 89.4 Å². The molecule has 7 heteroatoms. The third-order valence-corrected chi connectivity index (χ3v) is 5.83. The van der Waals surface area contributed by atoms with Gasteiger partial charge in [-0.2, -0.15) is 0 Å². The Morgan fingerprint density at radius 2 is 1.80 bits per heavy atom. The van der Waals surface area contributed by atoms with Crippen molar-refractivity contribution in [2.75, 3.05) is 13.2 Å². The van der Waals surface area contributed by atoms with E-state index < -0.39 is 17.7 Å². The second-order valence-corrected chi connectivity index (χ2v) is 8.24. The summed E-state index contributed by atoms with van der Waals surface area (Å²) in [6.07, 6.45) is 3.50. The van der Waals surface area contributed by atoms with E-state index in [9.17, 15) is 14.7 Å². The van der Waals surface area contributed by atoms with Gasteiger partial charge in [0.25, 0.3) is 11.7 Å². The summed E-state index contributed by atoms with van der Waals surface area (Å²) in [6.45, 7) is 5.13. The molecule has 3 aromatic rings. The van der Waals surface area contributed by atoms with Crippen molar-refractivity contribution < 1.29 is 28.6 Å². The van der Waals surface area contributed by atoms with Gasteiger partial charge in [-0.3, -0.25) is 9.59 Å². The minimum atomic E-state index is -0.791. The molecule has 1 atom stereocenters. The molecule has 2 aromatic carbocycles. The number of carbonyl (C=O) groups is 2. The summed E-state index contributed by atoms with van der Waals surface area (Å²) in [5, 5.41) is 11.3.